The van der Waals surface area contributed by atoms with E-state index in [4.69, 9.17) is 75.3 Å². The number of rotatable bonds is 36. The van der Waals surface area contributed by atoms with Gasteiger partial charge in [-0.1, -0.05) is 164 Å². The number of furan rings is 1. The zero-order valence-corrected chi connectivity index (χ0v) is 87.2. The number of aliphatic hydroxyl groups is 1. The molecule has 7 atom stereocenters. The Hall–Kier alpha value is -6.50. The maximum Gasteiger partial charge on any atom is 0.326 e. The first-order valence-electron chi connectivity index (χ1n) is 41.6. The number of carbonyl (C=O) groups excluding carboxylic acids is 7. The van der Waals surface area contributed by atoms with Crippen molar-refractivity contribution in [2.45, 2.75) is 379 Å². The van der Waals surface area contributed by atoms with Crippen LogP contribution in [0.2, 0.25) is 5.15 Å². The molecule has 128 heavy (non-hydrogen) atoms. The van der Waals surface area contributed by atoms with Crippen LogP contribution in [0.4, 0.5) is 5.69 Å². The fraction of sp³-hybridized carbons (Fsp3) is 0.716. The van der Waals surface area contributed by atoms with E-state index in [9.17, 15) is 67.6 Å². The number of aromatic nitrogens is 3. The molecule has 19 N–H and O–H groups in total. The van der Waals surface area contributed by atoms with E-state index in [-0.39, 0.29) is 117 Å². The van der Waals surface area contributed by atoms with E-state index in [1.807, 2.05) is 75.3 Å². The lowest BCUT2D eigenvalue weighted by molar-refractivity contribution is -0.386. The molecule has 5 unspecified atom stereocenters. The van der Waals surface area contributed by atoms with Gasteiger partial charge in [-0.3, -0.25) is 63.0 Å². The summed E-state index contributed by atoms with van der Waals surface area (Å²) in [5.41, 5.74) is 30.5. The number of hydrogen-bond donors (Lipinski definition) is 20. The first-order chi connectivity index (χ1) is 57.2. The Morgan fingerprint density at radius 1 is 0.500 bits per heavy atom. The van der Waals surface area contributed by atoms with Gasteiger partial charge >= 0.3 is 29.8 Å². The molecular weight excluding hydrogens is 1790 g/mol. The van der Waals surface area contributed by atoms with E-state index in [0.29, 0.717) is 60.4 Å². The number of pyridine rings is 1. The lowest BCUT2D eigenvalue weighted by atomic mass is 9.87. The van der Waals surface area contributed by atoms with Crippen molar-refractivity contribution in [2.24, 2.45) is 39.5 Å². The van der Waals surface area contributed by atoms with Gasteiger partial charge in [0.1, 0.15) is 52.9 Å². The molecule has 0 aliphatic heterocycles. The summed E-state index contributed by atoms with van der Waals surface area (Å²) >= 11 is 31.1. The number of nitrogens with two attached hydrogens (primary N) is 5. The molecule has 0 saturated heterocycles. The van der Waals surface area contributed by atoms with Gasteiger partial charge in [-0.2, -0.15) is 80.9 Å². The number of nitrogens with zero attached hydrogens (tertiary/aromatic N) is 4. The SMILES string of the molecule is CC(=O)C(CC(C)(C)S)NC(=O)CCC(N)C(=O)O.CC(=O)CCC(=O)C(CC(C)(C)S)NC(=O)CCC(N)C(=O)O.CC(=O)N[C@@H](CC(C)(C)S)C(=O)O.CC(C)(C)CCN.CC(C)(C)CCO.CC(C)(C)c1ccc(Cl)nn1.CC(C)(S)CC(N)C(=O)CCC(=O)O.CC(C)(S)C[C@H](N)C(=O)O.CC(C)(S)c1ncccc1[N+](=O)[O-].Cc1cc(C(C)(C)C)c(C)o1. The molecular formula is C88H159ClN12O21S6. The van der Waals surface area contributed by atoms with Crippen molar-refractivity contribution in [3.63, 3.8) is 0 Å². The number of nitro groups is 1. The van der Waals surface area contributed by atoms with Crippen LogP contribution < -0.4 is 44.6 Å². The lowest BCUT2D eigenvalue weighted by Gasteiger charge is -2.25. The molecule has 0 aromatic carbocycles. The molecule has 0 radical (unpaired) electrons. The highest BCUT2D eigenvalue weighted by atomic mass is 35.5. The average Bonchev–Trinajstić information content (AvgIpc) is 1.45. The molecule has 0 saturated carbocycles. The van der Waals surface area contributed by atoms with Gasteiger partial charge in [0.15, 0.2) is 16.7 Å². The van der Waals surface area contributed by atoms with E-state index in [0.717, 1.165) is 36.6 Å². The third kappa shape index (κ3) is 83.8. The van der Waals surface area contributed by atoms with Gasteiger partial charge in [0.05, 0.1) is 39.9 Å². The summed E-state index contributed by atoms with van der Waals surface area (Å²) in [6, 6.07) is 2.94. The summed E-state index contributed by atoms with van der Waals surface area (Å²) in [5.74, 6) is -5.11. The maximum atomic E-state index is 12.2. The van der Waals surface area contributed by atoms with Crippen LogP contribution in [0.3, 0.4) is 0 Å². The summed E-state index contributed by atoms with van der Waals surface area (Å²) in [4.78, 5) is 146. The second-order valence-electron chi connectivity index (χ2n) is 39.0. The number of nitrogens with one attached hydrogen (secondary N) is 3. The monoisotopic (exact) mass is 1950 g/mol. The molecule has 3 aromatic rings. The highest BCUT2D eigenvalue weighted by molar-refractivity contribution is 7.82. The zero-order chi connectivity index (χ0) is 103. The second kappa shape index (κ2) is 63.6. The van der Waals surface area contributed by atoms with Crippen LogP contribution in [-0.2, 0) is 73.1 Å². The molecule has 3 heterocycles. The summed E-state index contributed by atoms with van der Waals surface area (Å²) in [7, 11) is 0. The molecule has 0 aliphatic carbocycles. The van der Waals surface area contributed by atoms with Crippen molar-refractivity contribution in [1.82, 2.24) is 31.1 Å². The molecule has 3 amide bonds. The molecule has 33 nitrogen and oxygen atoms in total. The van der Waals surface area contributed by atoms with Crippen LogP contribution in [0.5, 0.6) is 0 Å². The summed E-state index contributed by atoms with van der Waals surface area (Å²) in [6.45, 7) is 56.8. The molecule has 0 aliphatic rings. The van der Waals surface area contributed by atoms with Crippen LogP contribution in [-0.4, -0.2) is 201 Å². The quantitative estimate of drug-likeness (QED) is 0.0146. The highest BCUT2D eigenvalue weighted by Gasteiger charge is 2.32. The number of Topliss-reactive ketones (excluding diaryl/α,β-unsaturated/α-hetero) is 4. The van der Waals surface area contributed by atoms with Gasteiger partial charge in [0.2, 0.25) is 17.7 Å². The molecule has 3 aromatic heterocycles. The molecule has 0 spiro atoms. The Kier molecular flexibility index (Phi) is 66.9. The highest BCUT2D eigenvalue weighted by Crippen LogP contribution is 2.33. The standard InChI is InChI=1S/C15H26N2O5S.C12H22N2O4S.C10H16O.C9H17NO3S.C8H11ClN2.C8H10N2O2S.C8H15NO3S.C6H13NO2S.C6H15N.C6H14O/c1-9(18)4-6-12(19)11(8-15(2,3)23)17-13(20)7-5-10(16)14(21)22;1-7(15)9(6-12(2,3)19)14-10(16)5-4-8(13)11(17)18;1-7-6-9(8(2)11-7)10(3,4)5;1-9(2,14)5-6(10)7(11)3-4-8(12)13;1-8(2,3)6-4-5-7(9)11-10-6;1-8(2,13)7-6(10(11)12)4-3-5-9-7;1-5(10)9-6(7(11)12)4-8(2,3)13;1-6(2,10)3-4(7)5(8)9;2*1-6(2,3)4-5-7/h10-11,23H,4-8,16H2,1-3H3,(H,17,20)(H,21,22);8-9,19H,4-6,13H2,1-3H3,(H,14,16)(H,17,18);6H,1-5H3;6,14H,3-5,10H2,1-2H3,(H,12,13);4-5H,1-3H3;3-5,13H,1-2H3;6,13H,4H2,1-3H3,(H,9,10)(H,11,12);4,10H,3,7H2,1-2H3,(H,8,9);4-5,7H2,1-3H3;7H,4-5H2,1-3H3/t;;;;;;6-;4-;;/m......00../s1. The molecule has 3 rings (SSSR count). The summed E-state index contributed by atoms with van der Waals surface area (Å²) in [6.07, 6.45) is 5.33. The predicted molar refractivity (Wildman–Crippen MR) is 528 cm³/mol. The largest absolute Gasteiger partial charge is 0.481 e. The number of aliphatic hydroxyl groups excluding tert-OH is 1. The van der Waals surface area contributed by atoms with E-state index < -0.39 is 97.2 Å². The zero-order valence-electron chi connectivity index (χ0n) is 81.1. The Labute approximate surface area is 798 Å². The fourth-order valence-electron chi connectivity index (χ4n) is 9.88. The third-order valence-corrected chi connectivity index (χ3v) is 17.7. The number of amides is 3. The van der Waals surface area contributed by atoms with Crippen molar-refractivity contribution < 1.29 is 97.5 Å². The minimum atomic E-state index is -1.18. The topological polar surface area (TPSA) is 587 Å². The smallest absolute Gasteiger partial charge is 0.326 e. The molecule has 40 heteroatoms. The van der Waals surface area contributed by atoms with Gasteiger partial charge in [-0.05, 0) is 152 Å². The first kappa shape index (κ1) is 135. The summed E-state index contributed by atoms with van der Waals surface area (Å²) in [5, 5.41) is 77.5. The van der Waals surface area contributed by atoms with Crippen LogP contribution in [0.15, 0.2) is 40.9 Å². The Morgan fingerprint density at radius 2 is 0.898 bits per heavy atom. The Bertz CT molecular complexity index is 3830. The van der Waals surface area contributed by atoms with Crippen molar-refractivity contribution in [1.29, 1.82) is 0 Å². The Balaban J connectivity index is -0.000000259. The molecule has 0 fully saturated rings. The van der Waals surface area contributed by atoms with Gasteiger partial charge in [-0.25, -0.2) is 4.79 Å². The molecule has 740 valence electrons. The van der Waals surface area contributed by atoms with Crippen molar-refractivity contribution in [3.8, 4) is 0 Å². The first-order valence-corrected chi connectivity index (χ1v) is 44.6. The predicted octanol–water partition coefficient (Wildman–Crippen LogP) is 13.6. The number of aryl methyl sites for hydroxylation is 2. The normalized spacial score (nSPS) is 13.2. The number of aliphatic carboxylic acids is 5. The van der Waals surface area contributed by atoms with Crippen LogP contribution in [0.1, 0.15) is 312 Å². The number of carboxylic acid groups (broad SMARTS) is 5. The van der Waals surface area contributed by atoms with Crippen LogP contribution in [0, 0.1) is 34.8 Å². The average molecular weight is 1950 g/mol. The Morgan fingerprint density at radius 3 is 1.16 bits per heavy atom. The van der Waals surface area contributed by atoms with Crippen LogP contribution in [0.25, 0.3) is 0 Å². The summed E-state index contributed by atoms with van der Waals surface area (Å²) < 4.78 is 2.95. The third-order valence-electron chi connectivity index (χ3n) is 16.4. The number of halogens is 1. The second-order valence-corrected chi connectivity index (χ2v) is 46.5. The van der Waals surface area contributed by atoms with E-state index in [1.165, 1.54) is 38.6 Å². The minimum absolute atomic E-state index is 0.000355. The van der Waals surface area contributed by atoms with Crippen molar-refractivity contribution >= 4 is 164 Å². The van der Waals surface area contributed by atoms with Crippen LogP contribution >= 0.6 is 87.4 Å². The van der Waals surface area contributed by atoms with E-state index >= 15 is 0 Å². The van der Waals surface area contributed by atoms with E-state index in [2.05, 4.69) is 196 Å². The van der Waals surface area contributed by atoms with Crippen molar-refractivity contribution in [2.75, 3.05) is 13.2 Å². The fourth-order valence-corrected chi connectivity index (χ4v) is 11.1. The number of carboxylic acids is 5. The number of ketones is 4. The van der Waals surface area contributed by atoms with Gasteiger partial charge in [0.25, 0.3) is 5.69 Å². The number of carbonyl (C=O) groups is 12. The maximum absolute atomic E-state index is 12.2. The van der Waals surface area contributed by atoms with Crippen molar-refractivity contribution in [3.05, 3.63) is 80.3 Å². The van der Waals surface area contributed by atoms with Gasteiger partial charge < -0.3 is 84.5 Å². The number of thiol groups is 6. The van der Waals surface area contributed by atoms with E-state index in [1.54, 1.807) is 39.8 Å². The molecule has 0 bridgehead atoms. The van der Waals surface area contributed by atoms with Gasteiger partial charge in [-0.15, -0.1) is 5.10 Å². The number of hydrogen-bond acceptors (Lipinski definition) is 30. The lowest BCUT2D eigenvalue weighted by Crippen LogP contribution is -2.44. The van der Waals surface area contributed by atoms with Gasteiger partial charge in [0, 0.05) is 87.0 Å². The minimum Gasteiger partial charge on any atom is -0.481 e.